The molecule has 0 saturated carbocycles. The number of benzene rings is 6. The zero-order chi connectivity index (χ0) is 55.6. The van der Waals surface area contributed by atoms with Crippen molar-refractivity contribution in [1.82, 2.24) is 0 Å². The molecule has 0 atom stereocenters. The highest BCUT2D eigenvalue weighted by molar-refractivity contribution is 6.62. The van der Waals surface area contributed by atoms with Gasteiger partial charge in [0.1, 0.15) is 0 Å². The third kappa shape index (κ3) is 14.1. The molecular weight excluding hydrogens is 956 g/mol. The standard InChI is InChI=1S/C64H86.C12H17BO2/c1-5-9-13-17-21-25-33-51-39-43-53(44-40-51)64(54-45-41-52(42-46-54)34-26-22-18-14-10-6-2)60-38-30-28-36-56(60)58-49-61-57(50-62(58)64)55-35-27-29-37-59(55)63(61,47-31-23-19-15-11-7-3)48-32-24-20-16-12-8-4;1-11(2)12(3,4)15-13(14-11)10-8-6-5-7-9-10/h27-30,35-46,49-50H,5-26,31-34,47-48H2,1-4H3;5-9H,1-4H3. The van der Waals surface area contributed by atoms with Gasteiger partial charge >= 0.3 is 7.12 Å². The highest BCUT2D eigenvalue weighted by Gasteiger charge is 2.52. The van der Waals surface area contributed by atoms with Gasteiger partial charge in [-0.15, -0.1) is 0 Å². The molecule has 2 aliphatic carbocycles. The van der Waals surface area contributed by atoms with Crippen molar-refractivity contribution >= 4 is 12.6 Å². The summed E-state index contributed by atoms with van der Waals surface area (Å²) in [4.78, 5) is 0. The van der Waals surface area contributed by atoms with E-state index in [4.69, 9.17) is 9.31 Å². The van der Waals surface area contributed by atoms with E-state index in [-0.39, 0.29) is 23.7 Å². The van der Waals surface area contributed by atoms with E-state index in [0.717, 1.165) is 5.46 Å². The van der Waals surface area contributed by atoms with E-state index in [9.17, 15) is 0 Å². The monoisotopic (exact) mass is 1060 g/mol. The molecule has 0 N–H and O–H groups in total. The van der Waals surface area contributed by atoms with Crippen LogP contribution in [0.1, 0.15) is 267 Å². The molecule has 422 valence electrons. The van der Waals surface area contributed by atoms with Crippen LogP contribution in [0, 0.1) is 0 Å². The Morgan fingerprint density at radius 1 is 0.329 bits per heavy atom. The third-order valence-corrected chi connectivity index (χ3v) is 19.1. The fourth-order valence-electron chi connectivity index (χ4n) is 13.7. The molecule has 2 nitrogen and oxygen atoms in total. The average molecular weight is 1060 g/mol. The minimum absolute atomic E-state index is 0.0625. The molecule has 79 heavy (non-hydrogen) atoms. The first kappa shape index (κ1) is 60.4. The Balaban J connectivity index is 0.000000470. The molecule has 0 spiro atoms. The normalized spacial score (nSPS) is 15.8. The van der Waals surface area contributed by atoms with Gasteiger partial charge in [0.2, 0.25) is 0 Å². The molecular formula is C76H103BO2. The van der Waals surface area contributed by atoms with Crippen molar-refractivity contribution in [3.8, 4) is 22.3 Å². The van der Waals surface area contributed by atoms with E-state index in [2.05, 4.69) is 165 Å². The van der Waals surface area contributed by atoms with Gasteiger partial charge in [-0.3, -0.25) is 0 Å². The van der Waals surface area contributed by atoms with Crippen molar-refractivity contribution < 1.29 is 9.31 Å². The lowest BCUT2D eigenvalue weighted by atomic mass is 9.66. The van der Waals surface area contributed by atoms with Crippen molar-refractivity contribution in [1.29, 1.82) is 0 Å². The van der Waals surface area contributed by atoms with Crippen LogP contribution in [0.3, 0.4) is 0 Å². The highest BCUT2D eigenvalue weighted by atomic mass is 16.7. The number of hydrogen-bond donors (Lipinski definition) is 0. The second-order valence-corrected chi connectivity index (χ2v) is 25.3. The SMILES string of the molecule is CC1(C)OB(c2ccccc2)OC1(C)C.CCCCCCCCc1ccc(C2(c3ccc(CCCCCCCC)cc3)c3ccccc3-c3cc4c(cc32)-c2ccccc2C4(CCCCCCCC)CCCCCCCC)cc1. The molecule has 0 amide bonds. The lowest BCUT2D eigenvalue weighted by Crippen LogP contribution is -2.41. The predicted molar refractivity (Wildman–Crippen MR) is 342 cm³/mol. The van der Waals surface area contributed by atoms with E-state index >= 15 is 0 Å². The van der Waals surface area contributed by atoms with Crippen LogP contribution < -0.4 is 5.46 Å². The highest BCUT2D eigenvalue weighted by Crippen LogP contribution is 2.62. The number of unbranched alkanes of at least 4 members (excludes halogenated alkanes) is 20. The van der Waals surface area contributed by atoms with Gasteiger partial charge in [-0.2, -0.15) is 0 Å². The maximum absolute atomic E-state index is 5.93. The van der Waals surface area contributed by atoms with E-state index in [1.807, 2.05) is 30.3 Å². The molecule has 3 aliphatic rings. The Bertz CT molecular complexity index is 2660. The van der Waals surface area contributed by atoms with Gasteiger partial charge in [-0.05, 0) is 151 Å². The predicted octanol–water partition coefficient (Wildman–Crippen LogP) is 21.6. The van der Waals surface area contributed by atoms with Crippen molar-refractivity contribution in [2.24, 2.45) is 0 Å². The summed E-state index contributed by atoms with van der Waals surface area (Å²) in [6.45, 7) is 17.6. The van der Waals surface area contributed by atoms with Crippen molar-refractivity contribution in [3.05, 3.63) is 184 Å². The van der Waals surface area contributed by atoms with Gasteiger partial charge in [0.15, 0.2) is 0 Å². The molecule has 0 unspecified atom stereocenters. The number of hydrogen-bond acceptors (Lipinski definition) is 2. The Hall–Kier alpha value is -4.70. The van der Waals surface area contributed by atoms with Crippen LogP contribution in [0.4, 0.5) is 0 Å². The topological polar surface area (TPSA) is 18.5 Å². The van der Waals surface area contributed by atoms with Crippen LogP contribution in [0.25, 0.3) is 22.3 Å². The van der Waals surface area contributed by atoms with Crippen LogP contribution in [0.15, 0.2) is 140 Å². The molecule has 1 saturated heterocycles. The van der Waals surface area contributed by atoms with Gasteiger partial charge in [0.25, 0.3) is 0 Å². The van der Waals surface area contributed by atoms with Gasteiger partial charge < -0.3 is 9.31 Å². The first-order valence-corrected chi connectivity index (χ1v) is 32.5. The Labute approximate surface area is 482 Å². The number of aryl methyl sites for hydroxylation is 2. The minimum atomic E-state index is -0.392. The summed E-state index contributed by atoms with van der Waals surface area (Å²) in [5, 5.41) is 0. The van der Waals surface area contributed by atoms with Crippen molar-refractivity contribution in [2.45, 2.75) is 257 Å². The third-order valence-electron chi connectivity index (χ3n) is 19.1. The summed E-state index contributed by atoms with van der Waals surface area (Å²) in [7, 11) is -0.240. The quantitative estimate of drug-likeness (QED) is 0.0319. The molecule has 6 aromatic rings. The second kappa shape index (κ2) is 29.3. The summed E-state index contributed by atoms with van der Waals surface area (Å²) in [5.41, 5.74) is 18.0. The maximum Gasteiger partial charge on any atom is 0.494 e. The first-order chi connectivity index (χ1) is 38.5. The van der Waals surface area contributed by atoms with Crippen LogP contribution in [0.2, 0.25) is 0 Å². The Morgan fingerprint density at radius 3 is 1.16 bits per heavy atom. The average Bonchev–Trinajstić information content (AvgIpc) is 2.92. The van der Waals surface area contributed by atoms with Gasteiger partial charge in [-0.25, -0.2) is 0 Å². The summed E-state index contributed by atoms with van der Waals surface area (Å²) < 4.78 is 11.9. The molecule has 1 aliphatic heterocycles. The molecule has 3 heteroatoms. The van der Waals surface area contributed by atoms with E-state index in [1.165, 1.54) is 235 Å². The summed E-state index contributed by atoms with van der Waals surface area (Å²) >= 11 is 0. The summed E-state index contributed by atoms with van der Waals surface area (Å²) in [5.74, 6) is 0. The van der Waals surface area contributed by atoms with E-state index < -0.39 is 5.41 Å². The van der Waals surface area contributed by atoms with E-state index in [0.29, 0.717) is 0 Å². The summed E-state index contributed by atoms with van der Waals surface area (Å²) in [6, 6.07) is 54.7. The van der Waals surface area contributed by atoms with Gasteiger partial charge in [0, 0.05) is 5.41 Å². The summed E-state index contributed by atoms with van der Waals surface area (Å²) in [6.07, 6.45) is 37.1. The van der Waals surface area contributed by atoms with Crippen LogP contribution in [0.5, 0.6) is 0 Å². The smallest absolute Gasteiger partial charge is 0.399 e. The fourth-order valence-corrected chi connectivity index (χ4v) is 13.7. The lowest BCUT2D eigenvalue weighted by molar-refractivity contribution is 0.00578. The molecule has 1 heterocycles. The van der Waals surface area contributed by atoms with Crippen LogP contribution in [-0.4, -0.2) is 18.3 Å². The molecule has 9 rings (SSSR count). The lowest BCUT2D eigenvalue weighted by Gasteiger charge is -2.35. The second-order valence-electron chi connectivity index (χ2n) is 25.3. The Kier molecular flexibility index (Phi) is 22.4. The first-order valence-electron chi connectivity index (χ1n) is 32.5. The Morgan fingerprint density at radius 2 is 0.696 bits per heavy atom. The largest absolute Gasteiger partial charge is 0.494 e. The number of fused-ring (bicyclic) bond motifs is 6. The van der Waals surface area contributed by atoms with Crippen molar-refractivity contribution in [2.75, 3.05) is 0 Å². The molecule has 1 fully saturated rings. The molecule has 0 bridgehead atoms. The van der Waals surface area contributed by atoms with Crippen LogP contribution >= 0.6 is 0 Å². The molecule has 6 aromatic carbocycles. The zero-order valence-corrected chi connectivity index (χ0v) is 51.0. The fraction of sp³-hybridized carbons (Fsp3) is 0.526. The van der Waals surface area contributed by atoms with Gasteiger partial charge in [-0.1, -0.05) is 296 Å². The molecule has 0 aromatic heterocycles. The van der Waals surface area contributed by atoms with Gasteiger partial charge in [0.05, 0.1) is 16.6 Å². The number of rotatable bonds is 31. The zero-order valence-electron chi connectivity index (χ0n) is 51.0. The molecule has 0 radical (unpaired) electrons. The van der Waals surface area contributed by atoms with Crippen molar-refractivity contribution in [3.63, 3.8) is 0 Å². The van der Waals surface area contributed by atoms with Crippen LogP contribution in [-0.2, 0) is 33.0 Å². The maximum atomic E-state index is 5.93. The minimum Gasteiger partial charge on any atom is -0.399 e. The van der Waals surface area contributed by atoms with E-state index in [1.54, 1.807) is 11.1 Å².